The summed E-state index contributed by atoms with van der Waals surface area (Å²) in [5.74, 6) is -0.632. The minimum atomic E-state index is -0.407. The van der Waals surface area contributed by atoms with Crippen LogP contribution in [0.5, 0.6) is 0 Å². The molecule has 9 heteroatoms. The quantitative estimate of drug-likeness (QED) is 0.695. The lowest BCUT2D eigenvalue weighted by atomic mass is 10.0. The Labute approximate surface area is 174 Å². The minimum absolute atomic E-state index is 0.0407. The van der Waals surface area contributed by atoms with E-state index in [0.29, 0.717) is 42.9 Å². The van der Waals surface area contributed by atoms with Crippen molar-refractivity contribution in [3.8, 4) is 0 Å². The van der Waals surface area contributed by atoms with Crippen molar-refractivity contribution in [2.45, 2.75) is 39.2 Å². The highest BCUT2D eigenvalue weighted by molar-refractivity contribution is 6.34. The van der Waals surface area contributed by atoms with Gasteiger partial charge in [-0.2, -0.15) is 5.10 Å². The number of hydrogen-bond acceptors (Lipinski definition) is 4. The molecule has 0 radical (unpaired) electrons. The first-order valence-corrected chi connectivity index (χ1v) is 9.97. The molecule has 29 heavy (non-hydrogen) atoms. The fraction of sp³-hybridized carbons (Fsp3) is 0.400. The molecule has 1 aliphatic rings. The van der Waals surface area contributed by atoms with Crippen LogP contribution >= 0.6 is 11.6 Å². The number of anilines is 1. The second kappa shape index (κ2) is 9.09. The highest BCUT2D eigenvalue weighted by Crippen LogP contribution is 2.22. The van der Waals surface area contributed by atoms with Gasteiger partial charge in [0.1, 0.15) is 5.69 Å². The van der Waals surface area contributed by atoms with Crippen molar-refractivity contribution in [3.05, 3.63) is 46.2 Å². The van der Waals surface area contributed by atoms with Gasteiger partial charge in [-0.15, -0.1) is 0 Å². The molecule has 1 fully saturated rings. The molecular weight excluding hydrogens is 394 g/mol. The van der Waals surface area contributed by atoms with E-state index < -0.39 is 5.91 Å². The van der Waals surface area contributed by atoms with Crippen molar-refractivity contribution in [1.29, 1.82) is 0 Å². The Hall–Kier alpha value is -2.87. The Morgan fingerprint density at radius 3 is 2.62 bits per heavy atom. The number of benzene rings is 1. The van der Waals surface area contributed by atoms with E-state index in [1.807, 2.05) is 11.8 Å². The molecule has 0 spiro atoms. The summed E-state index contributed by atoms with van der Waals surface area (Å²) in [6.07, 6.45) is 3.25. The van der Waals surface area contributed by atoms with E-state index in [-0.39, 0.29) is 29.2 Å². The number of hydrogen-bond donors (Lipinski definition) is 3. The zero-order valence-electron chi connectivity index (χ0n) is 16.4. The van der Waals surface area contributed by atoms with Crippen LogP contribution in [-0.4, -0.2) is 52.0 Å². The summed E-state index contributed by atoms with van der Waals surface area (Å²) in [7, 11) is 0. The number of aryl methyl sites for hydroxylation is 1. The third-order valence-corrected chi connectivity index (χ3v) is 5.36. The van der Waals surface area contributed by atoms with Gasteiger partial charge in [0.25, 0.3) is 11.8 Å². The standard InChI is InChI=1S/C20H24ClN5O3/c1-3-16(27)26-9-7-13(8-10-26)23-20(29)18-15(11-22-25-18)24-19(28)17-12(2)5-4-6-14(17)21/h4-6,11,13H,3,7-10H2,1-2H3,(H,22,25)(H,23,29)(H,24,28). The zero-order chi connectivity index (χ0) is 21.0. The summed E-state index contributed by atoms with van der Waals surface area (Å²) in [4.78, 5) is 38.9. The number of carbonyl (C=O) groups is 3. The number of nitrogens with one attached hydrogen (secondary N) is 3. The molecule has 2 heterocycles. The average molecular weight is 418 g/mol. The number of aromatic amines is 1. The van der Waals surface area contributed by atoms with Crippen LogP contribution in [0, 0.1) is 6.92 Å². The van der Waals surface area contributed by atoms with Gasteiger partial charge in [0.15, 0.2) is 0 Å². The predicted molar refractivity (Wildman–Crippen MR) is 110 cm³/mol. The lowest BCUT2D eigenvalue weighted by Crippen LogP contribution is -2.46. The van der Waals surface area contributed by atoms with Crippen molar-refractivity contribution < 1.29 is 14.4 Å². The van der Waals surface area contributed by atoms with E-state index in [1.54, 1.807) is 25.1 Å². The molecular formula is C20H24ClN5O3. The third kappa shape index (κ3) is 4.76. The number of nitrogens with zero attached hydrogens (tertiary/aromatic N) is 2. The Morgan fingerprint density at radius 2 is 1.97 bits per heavy atom. The second-order valence-electron chi connectivity index (χ2n) is 7.03. The Kier molecular flexibility index (Phi) is 6.53. The monoisotopic (exact) mass is 417 g/mol. The summed E-state index contributed by atoms with van der Waals surface area (Å²) in [6.45, 7) is 4.87. The first kappa shape index (κ1) is 20.9. The van der Waals surface area contributed by atoms with Crippen LogP contribution in [0.15, 0.2) is 24.4 Å². The fourth-order valence-corrected chi connectivity index (χ4v) is 3.72. The van der Waals surface area contributed by atoms with Crippen molar-refractivity contribution in [3.63, 3.8) is 0 Å². The molecule has 8 nitrogen and oxygen atoms in total. The average Bonchev–Trinajstić information content (AvgIpc) is 3.16. The van der Waals surface area contributed by atoms with Crippen molar-refractivity contribution in [2.75, 3.05) is 18.4 Å². The van der Waals surface area contributed by atoms with Crippen LogP contribution < -0.4 is 10.6 Å². The van der Waals surface area contributed by atoms with E-state index in [2.05, 4.69) is 20.8 Å². The lowest BCUT2D eigenvalue weighted by molar-refractivity contribution is -0.131. The zero-order valence-corrected chi connectivity index (χ0v) is 17.2. The van der Waals surface area contributed by atoms with Gasteiger partial charge in [0, 0.05) is 25.6 Å². The molecule has 3 N–H and O–H groups in total. The summed E-state index contributed by atoms with van der Waals surface area (Å²) < 4.78 is 0. The largest absolute Gasteiger partial charge is 0.348 e. The Morgan fingerprint density at radius 1 is 1.24 bits per heavy atom. The minimum Gasteiger partial charge on any atom is -0.348 e. The highest BCUT2D eigenvalue weighted by Gasteiger charge is 2.25. The van der Waals surface area contributed by atoms with E-state index in [0.717, 1.165) is 5.56 Å². The molecule has 0 aliphatic carbocycles. The molecule has 0 unspecified atom stereocenters. The van der Waals surface area contributed by atoms with Gasteiger partial charge in [-0.3, -0.25) is 19.5 Å². The number of likely N-dealkylation sites (tertiary alicyclic amines) is 1. The fourth-order valence-electron chi connectivity index (χ4n) is 3.41. The van der Waals surface area contributed by atoms with Crippen LogP contribution in [0.2, 0.25) is 5.02 Å². The van der Waals surface area contributed by atoms with Crippen molar-refractivity contribution in [2.24, 2.45) is 0 Å². The van der Waals surface area contributed by atoms with Gasteiger partial charge >= 0.3 is 0 Å². The van der Waals surface area contributed by atoms with Crippen LogP contribution in [-0.2, 0) is 4.79 Å². The molecule has 3 rings (SSSR count). The Bertz CT molecular complexity index is 898. The van der Waals surface area contributed by atoms with E-state index in [1.165, 1.54) is 6.20 Å². The van der Waals surface area contributed by atoms with Gasteiger partial charge < -0.3 is 15.5 Å². The van der Waals surface area contributed by atoms with Crippen LogP contribution in [0.25, 0.3) is 0 Å². The molecule has 0 atom stereocenters. The van der Waals surface area contributed by atoms with Gasteiger partial charge in [0.2, 0.25) is 5.91 Å². The number of H-pyrrole nitrogens is 1. The van der Waals surface area contributed by atoms with Gasteiger partial charge in [-0.1, -0.05) is 30.7 Å². The topological polar surface area (TPSA) is 107 Å². The predicted octanol–water partition coefficient (Wildman–Crippen LogP) is 2.75. The number of piperidine rings is 1. The normalized spacial score (nSPS) is 14.5. The van der Waals surface area contributed by atoms with Crippen LogP contribution in [0.1, 0.15) is 52.6 Å². The first-order chi connectivity index (χ1) is 13.9. The summed E-state index contributed by atoms with van der Waals surface area (Å²) in [5.41, 5.74) is 1.55. The Balaban J connectivity index is 1.63. The van der Waals surface area contributed by atoms with Gasteiger partial charge in [-0.25, -0.2) is 0 Å². The van der Waals surface area contributed by atoms with Crippen molar-refractivity contribution >= 4 is 35.0 Å². The molecule has 1 saturated heterocycles. The molecule has 1 aromatic heterocycles. The molecule has 154 valence electrons. The smallest absolute Gasteiger partial charge is 0.271 e. The number of amides is 3. The van der Waals surface area contributed by atoms with Crippen molar-refractivity contribution in [1.82, 2.24) is 20.4 Å². The number of carbonyl (C=O) groups excluding carboxylic acids is 3. The lowest BCUT2D eigenvalue weighted by Gasteiger charge is -2.32. The number of halogens is 1. The van der Waals surface area contributed by atoms with E-state index >= 15 is 0 Å². The third-order valence-electron chi connectivity index (χ3n) is 5.05. The molecule has 1 aliphatic heterocycles. The maximum Gasteiger partial charge on any atom is 0.271 e. The summed E-state index contributed by atoms with van der Waals surface area (Å²) >= 11 is 6.15. The van der Waals surface area contributed by atoms with E-state index in [9.17, 15) is 14.4 Å². The van der Waals surface area contributed by atoms with Crippen LogP contribution in [0.4, 0.5) is 5.69 Å². The molecule has 0 saturated carbocycles. The first-order valence-electron chi connectivity index (χ1n) is 9.59. The number of rotatable bonds is 5. The van der Waals surface area contributed by atoms with Gasteiger partial charge in [-0.05, 0) is 31.4 Å². The highest BCUT2D eigenvalue weighted by atomic mass is 35.5. The SMILES string of the molecule is CCC(=O)N1CCC(NC(=O)c2[nH]ncc2NC(=O)c2c(C)cccc2Cl)CC1. The molecule has 0 bridgehead atoms. The van der Waals surface area contributed by atoms with Crippen LogP contribution in [0.3, 0.4) is 0 Å². The maximum atomic E-state index is 12.7. The molecule has 3 amide bonds. The number of aromatic nitrogens is 2. The molecule has 1 aromatic carbocycles. The molecule has 2 aromatic rings. The van der Waals surface area contributed by atoms with E-state index in [4.69, 9.17) is 11.6 Å². The maximum absolute atomic E-state index is 12.7. The summed E-state index contributed by atoms with van der Waals surface area (Å²) in [5, 5.41) is 12.5. The van der Waals surface area contributed by atoms with Gasteiger partial charge in [0.05, 0.1) is 22.5 Å². The second-order valence-corrected chi connectivity index (χ2v) is 7.43. The summed E-state index contributed by atoms with van der Waals surface area (Å²) in [6, 6.07) is 5.16.